The number of hydrogen-bond acceptors (Lipinski definition) is 6. The Morgan fingerprint density at radius 2 is 1.79 bits per heavy atom. The molecule has 0 heterocycles. The lowest BCUT2D eigenvalue weighted by Crippen LogP contribution is -2.46. The second-order valence-corrected chi connectivity index (χ2v) is 7.75. The fourth-order valence-corrected chi connectivity index (χ4v) is 3.83. The van der Waals surface area contributed by atoms with Crippen LogP contribution in [0.1, 0.15) is 12.5 Å². The van der Waals surface area contributed by atoms with Crippen molar-refractivity contribution in [2.24, 2.45) is 5.10 Å². The topological polar surface area (TPSA) is 97.3 Å². The van der Waals surface area contributed by atoms with Crippen molar-refractivity contribution in [3.05, 3.63) is 54.1 Å². The largest absolute Gasteiger partial charge is 0.493 e. The van der Waals surface area contributed by atoms with Crippen molar-refractivity contribution in [1.82, 2.24) is 5.43 Å². The number of nitrogens with zero attached hydrogens (tertiary/aromatic N) is 2. The summed E-state index contributed by atoms with van der Waals surface area (Å²) in [4.78, 5) is 12.5. The summed E-state index contributed by atoms with van der Waals surface area (Å²) in [5.41, 5.74) is 3.36. The third kappa shape index (κ3) is 5.01. The average Bonchev–Trinajstić information content (AvgIpc) is 2.67. The molecule has 2 rings (SSSR count). The molecule has 2 aromatic rings. The second kappa shape index (κ2) is 9.23. The third-order valence-corrected chi connectivity index (χ3v) is 5.15. The summed E-state index contributed by atoms with van der Waals surface area (Å²) in [5, 5.41) is 3.92. The number of anilines is 1. The molecule has 9 heteroatoms. The molecule has 8 nitrogen and oxygen atoms in total. The van der Waals surface area contributed by atoms with Crippen LogP contribution in [0.15, 0.2) is 53.6 Å². The predicted molar refractivity (Wildman–Crippen MR) is 109 cm³/mol. The number of benzene rings is 2. The van der Waals surface area contributed by atoms with Crippen molar-refractivity contribution in [3.63, 3.8) is 0 Å². The van der Waals surface area contributed by atoms with Gasteiger partial charge in [-0.25, -0.2) is 13.8 Å². The van der Waals surface area contributed by atoms with Crippen LogP contribution in [0.25, 0.3) is 0 Å². The Labute approximate surface area is 164 Å². The van der Waals surface area contributed by atoms with Crippen LogP contribution in [0.4, 0.5) is 5.69 Å². The average molecular weight is 405 g/mol. The predicted octanol–water partition coefficient (Wildman–Crippen LogP) is 2.01. The minimum absolute atomic E-state index is 0.395. The van der Waals surface area contributed by atoms with Gasteiger partial charge in [-0.2, -0.15) is 5.10 Å². The second-order valence-electron chi connectivity index (χ2n) is 5.89. The summed E-state index contributed by atoms with van der Waals surface area (Å²) < 4.78 is 36.0. The molecule has 0 saturated heterocycles. The Kier molecular flexibility index (Phi) is 7.00. The summed E-state index contributed by atoms with van der Waals surface area (Å²) in [7, 11) is -0.656. The number of amides is 1. The fourth-order valence-electron chi connectivity index (χ4n) is 2.66. The molecular formula is C19H23N3O5S. The fraction of sp³-hybridized carbons (Fsp3) is 0.263. The van der Waals surface area contributed by atoms with Crippen molar-refractivity contribution >= 4 is 27.8 Å². The van der Waals surface area contributed by atoms with E-state index in [4.69, 9.17) is 9.47 Å². The normalized spacial score (nSPS) is 12.4. The van der Waals surface area contributed by atoms with Gasteiger partial charge >= 0.3 is 0 Å². The Morgan fingerprint density at radius 3 is 2.36 bits per heavy atom. The lowest BCUT2D eigenvalue weighted by atomic mass is 10.2. The minimum Gasteiger partial charge on any atom is -0.493 e. The van der Waals surface area contributed by atoms with E-state index >= 15 is 0 Å². The van der Waals surface area contributed by atoms with Crippen molar-refractivity contribution < 1.29 is 22.7 Å². The number of para-hydroxylation sites is 2. The molecule has 0 fully saturated rings. The summed E-state index contributed by atoms with van der Waals surface area (Å²) in [5.74, 6) is 0.420. The Balaban J connectivity index is 2.19. The monoisotopic (exact) mass is 405 g/mol. The van der Waals surface area contributed by atoms with Crippen molar-refractivity contribution in [3.8, 4) is 11.5 Å². The van der Waals surface area contributed by atoms with E-state index in [1.807, 2.05) is 0 Å². The molecule has 0 saturated carbocycles. The smallest absolute Gasteiger partial charge is 0.263 e. The van der Waals surface area contributed by atoms with Crippen LogP contribution < -0.4 is 19.2 Å². The minimum atomic E-state index is -3.67. The first-order valence-corrected chi connectivity index (χ1v) is 10.2. The number of sulfonamides is 1. The van der Waals surface area contributed by atoms with Gasteiger partial charge in [-0.05, 0) is 31.2 Å². The zero-order valence-electron chi connectivity index (χ0n) is 16.1. The van der Waals surface area contributed by atoms with Crippen molar-refractivity contribution in [2.45, 2.75) is 13.0 Å². The number of ether oxygens (including phenoxy) is 2. The van der Waals surface area contributed by atoms with E-state index in [9.17, 15) is 13.2 Å². The van der Waals surface area contributed by atoms with Crippen LogP contribution in [0.2, 0.25) is 0 Å². The van der Waals surface area contributed by atoms with Gasteiger partial charge < -0.3 is 9.47 Å². The molecule has 1 N–H and O–H groups in total. The molecule has 0 spiro atoms. The quantitative estimate of drug-likeness (QED) is 0.535. The summed E-state index contributed by atoms with van der Waals surface area (Å²) in [6.07, 6.45) is 2.45. The van der Waals surface area contributed by atoms with Crippen LogP contribution in [0, 0.1) is 0 Å². The van der Waals surface area contributed by atoms with Crippen LogP contribution in [-0.4, -0.2) is 47.1 Å². The highest BCUT2D eigenvalue weighted by Crippen LogP contribution is 2.29. The van der Waals surface area contributed by atoms with Crippen LogP contribution in [-0.2, 0) is 14.8 Å². The Morgan fingerprint density at radius 1 is 1.11 bits per heavy atom. The number of nitrogens with one attached hydrogen (secondary N) is 1. The molecule has 0 aliphatic heterocycles. The van der Waals surface area contributed by atoms with Gasteiger partial charge in [0.15, 0.2) is 11.5 Å². The van der Waals surface area contributed by atoms with Crippen LogP contribution in [0.3, 0.4) is 0 Å². The third-order valence-electron chi connectivity index (χ3n) is 3.91. The molecule has 0 aliphatic rings. The van der Waals surface area contributed by atoms with E-state index < -0.39 is 22.0 Å². The number of carbonyl (C=O) groups excluding carboxylic acids is 1. The SMILES string of the molecule is COc1cccc(/C=N\NC(=O)C(C)N(c2ccccc2)S(C)(=O)=O)c1OC. The van der Waals surface area contributed by atoms with Crippen molar-refractivity contribution in [2.75, 3.05) is 24.8 Å². The maximum absolute atomic E-state index is 12.5. The van der Waals surface area contributed by atoms with E-state index in [0.717, 1.165) is 10.6 Å². The van der Waals surface area contributed by atoms with Crippen LogP contribution >= 0.6 is 0 Å². The van der Waals surface area contributed by atoms with Gasteiger partial charge in [-0.1, -0.05) is 24.3 Å². The van der Waals surface area contributed by atoms with E-state index in [1.165, 1.54) is 27.4 Å². The first-order chi connectivity index (χ1) is 13.3. The zero-order chi connectivity index (χ0) is 20.7. The number of carbonyl (C=O) groups is 1. The molecule has 1 atom stereocenters. The van der Waals surface area contributed by atoms with Gasteiger partial charge in [-0.3, -0.25) is 9.10 Å². The summed E-state index contributed by atoms with van der Waals surface area (Å²) in [6.45, 7) is 1.49. The molecule has 0 bridgehead atoms. The number of hydrogen-bond donors (Lipinski definition) is 1. The number of methoxy groups -OCH3 is 2. The lowest BCUT2D eigenvalue weighted by molar-refractivity contribution is -0.121. The standard InChI is InChI=1S/C19H23N3O5S/c1-14(22(28(4,24)25)16-10-6-5-7-11-16)19(23)21-20-13-15-9-8-12-17(26-2)18(15)27-3/h5-14H,1-4H3,(H,21,23)/b20-13-. The van der Waals surface area contributed by atoms with Gasteiger partial charge in [0.05, 0.1) is 32.4 Å². The Bertz CT molecular complexity index is 945. The van der Waals surface area contributed by atoms with Gasteiger partial charge in [0, 0.05) is 5.56 Å². The molecule has 0 aliphatic carbocycles. The highest BCUT2D eigenvalue weighted by molar-refractivity contribution is 7.92. The zero-order valence-corrected chi connectivity index (χ0v) is 16.9. The highest BCUT2D eigenvalue weighted by Gasteiger charge is 2.28. The van der Waals surface area contributed by atoms with E-state index in [0.29, 0.717) is 22.7 Å². The van der Waals surface area contributed by atoms with Gasteiger partial charge in [0.1, 0.15) is 6.04 Å². The number of hydrazone groups is 1. The van der Waals surface area contributed by atoms with Gasteiger partial charge in [0.2, 0.25) is 10.0 Å². The summed E-state index contributed by atoms with van der Waals surface area (Å²) in [6, 6.07) is 12.6. The maximum Gasteiger partial charge on any atom is 0.263 e. The Hall–Kier alpha value is -3.07. The van der Waals surface area contributed by atoms with Crippen molar-refractivity contribution in [1.29, 1.82) is 0 Å². The highest BCUT2D eigenvalue weighted by atomic mass is 32.2. The molecule has 1 unspecified atom stereocenters. The van der Waals surface area contributed by atoms with E-state index in [2.05, 4.69) is 10.5 Å². The van der Waals surface area contributed by atoms with Gasteiger partial charge in [-0.15, -0.1) is 0 Å². The molecule has 0 radical (unpaired) electrons. The van der Waals surface area contributed by atoms with Gasteiger partial charge in [0.25, 0.3) is 5.91 Å². The molecular weight excluding hydrogens is 382 g/mol. The van der Waals surface area contributed by atoms with Crippen LogP contribution in [0.5, 0.6) is 11.5 Å². The molecule has 2 aromatic carbocycles. The van der Waals surface area contributed by atoms with E-state index in [1.54, 1.807) is 48.5 Å². The first kappa shape index (κ1) is 21.2. The lowest BCUT2D eigenvalue weighted by Gasteiger charge is -2.27. The maximum atomic E-state index is 12.5. The molecule has 0 aromatic heterocycles. The molecule has 28 heavy (non-hydrogen) atoms. The first-order valence-electron chi connectivity index (χ1n) is 8.38. The van der Waals surface area contributed by atoms with E-state index in [-0.39, 0.29) is 0 Å². The molecule has 1 amide bonds. The molecule has 150 valence electrons. The summed E-state index contributed by atoms with van der Waals surface area (Å²) >= 11 is 0. The number of rotatable bonds is 8.